The minimum atomic E-state index is 0.499. The highest BCUT2D eigenvalue weighted by molar-refractivity contribution is 5.49. The second-order valence-corrected chi connectivity index (χ2v) is 10.1. The van der Waals surface area contributed by atoms with Gasteiger partial charge in [0.1, 0.15) is 0 Å². The molecule has 1 aliphatic rings. The molecule has 0 N–H and O–H groups in total. The number of likely N-dealkylation sites (N-methyl/N-ethyl adjacent to an activating group) is 1. The van der Waals surface area contributed by atoms with E-state index < -0.39 is 0 Å². The summed E-state index contributed by atoms with van der Waals surface area (Å²) >= 11 is 0. The molecule has 0 bridgehead atoms. The van der Waals surface area contributed by atoms with Gasteiger partial charge in [-0.1, -0.05) is 61.5 Å². The van der Waals surface area contributed by atoms with Gasteiger partial charge < -0.3 is 9.80 Å². The van der Waals surface area contributed by atoms with E-state index in [-0.39, 0.29) is 0 Å². The third-order valence-electron chi connectivity index (χ3n) is 6.01. The number of rotatable bonds is 5. The summed E-state index contributed by atoms with van der Waals surface area (Å²) in [7, 11) is 2.19. The molecule has 0 aliphatic carbocycles. The first-order valence-corrected chi connectivity index (χ1v) is 12.0. The summed E-state index contributed by atoms with van der Waals surface area (Å²) in [6.07, 6.45) is 3.94. The molecule has 0 spiro atoms. The third-order valence-corrected chi connectivity index (χ3v) is 6.01. The molecule has 1 aliphatic heterocycles. The van der Waals surface area contributed by atoms with Gasteiger partial charge in [-0.15, -0.1) is 0 Å². The first-order valence-electron chi connectivity index (χ1n) is 12.0. The van der Waals surface area contributed by atoms with E-state index >= 15 is 0 Å². The Morgan fingerprint density at radius 3 is 1.74 bits per heavy atom. The van der Waals surface area contributed by atoms with Crippen LogP contribution in [0.3, 0.4) is 0 Å². The predicted molar refractivity (Wildman–Crippen MR) is 135 cm³/mol. The van der Waals surface area contributed by atoms with E-state index in [4.69, 9.17) is 4.98 Å². The number of pyridine rings is 2. The Hall–Kier alpha value is -1.94. The second-order valence-electron chi connectivity index (χ2n) is 10.1. The summed E-state index contributed by atoms with van der Waals surface area (Å²) in [5, 5.41) is 0. The number of aromatic nitrogens is 2. The highest BCUT2D eigenvalue weighted by atomic mass is 15.2. The van der Waals surface area contributed by atoms with E-state index in [1.807, 2.05) is 12.3 Å². The Balaban J connectivity index is 0.000000245. The average Bonchev–Trinajstić information content (AvgIpc) is 2.74. The average molecular weight is 425 g/mol. The molecular formula is C27H44N4. The van der Waals surface area contributed by atoms with Crippen molar-refractivity contribution in [1.29, 1.82) is 0 Å². The van der Waals surface area contributed by atoms with E-state index in [0.29, 0.717) is 23.7 Å². The zero-order valence-electron chi connectivity index (χ0n) is 21.3. The van der Waals surface area contributed by atoms with Gasteiger partial charge in [0.15, 0.2) is 0 Å². The smallest absolute Gasteiger partial charge is 0.0556 e. The van der Waals surface area contributed by atoms with E-state index in [1.54, 1.807) is 0 Å². The molecule has 0 saturated carbocycles. The molecule has 3 rings (SSSR count). The third kappa shape index (κ3) is 7.03. The molecule has 1 fully saturated rings. The van der Waals surface area contributed by atoms with Gasteiger partial charge in [0, 0.05) is 43.8 Å². The van der Waals surface area contributed by atoms with Gasteiger partial charge in [-0.05, 0) is 54.0 Å². The van der Waals surface area contributed by atoms with Crippen LogP contribution in [0.1, 0.15) is 102 Å². The van der Waals surface area contributed by atoms with Crippen molar-refractivity contribution in [2.24, 2.45) is 0 Å². The van der Waals surface area contributed by atoms with Crippen molar-refractivity contribution in [3.63, 3.8) is 0 Å². The fourth-order valence-corrected chi connectivity index (χ4v) is 4.06. The van der Waals surface area contributed by atoms with Gasteiger partial charge in [0.2, 0.25) is 0 Å². The lowest BCUT2D eigenvalue weighted by molar-refractivity contribution is 0.312. The fourth-order valence-electron chi connectivity index (χ4n) is 4.06. The second kappa shape index (κ2) is 11.6. The Kier molecular flexibility index (Phi) is 9.49. The maximum Gasteiger partial charge on any atom is 0.0556 e. The van der Waals surface area contributed by atoms with Crippen LogP contribution in [0, 0.1) is 0 Å². The number of anilines is 1. The first-order chi connectivity index (χ1) is 14.6. The first kappa shape index (κ1) is 25.3. The maximum atomic E-state index is 4.74. The number of hydrogen-bond donors (Lipinski definition) is 0. The predicted octanol–water partition coefficient (Wildman–Crippen LogP) is 6.41. The fraction of sp³-hybridized carbons (Fsp3) is 0.630. The topological polar surface area (TPSA) is 32.3 Å². The van der Waals surface area contributed by atoms with Crippen LogP contribution in [-0.2, 0) is 0 Å². The summed E-state index contributed by atoms with van der Waals surface area (Å²) in [5.74, 6) is 2.15. The van der Waals surface area contributed by atoms with Gasteiger partial charge in [-0.3, -0.25) is 9.97 Å². The Labute approximate surface area is 191 Å². The summed E-state index contributed by atoms with van der Waals surface area (Å²) in [4.78, 5) is 14.0. The van der Waals surface area contributed by atoms with Crippen molar-refractivity contribution < 1.29 is 0 Å². The van der Waals surface area contributed by atoms with Crippen molar-refractivity contribution in [2.75, 3.05) is 38.1 Å². The lowest BCUT2D eigenvalue weighted by Crippen LogP contribution is -2.44. The van der Waals surface area contributed by atoms with Gasteiger partial charge in [-0.2, -0.15) is 0 Å². The normalized spacial score (nSPS) is 15.1. The monoisotopic (exact) mass is 424 g/mol. The minimum Gasteiger partial charge on any atom is -0.368 e. The SMILES string of the molecule is CC(C)c1cc(N2CCN(C)CC2)cnc1C(C)C.CC(C)c1cccnc1C(C)C. The molecule has 0 unspecified atom stereocenters. The van der Waals surface area contributed by atoms with Crippen LogP contribution < -0.4 is 4.90 Å². The molecule has 4 heteroatoms. The van der Waals surface area contributed by atoms with Crippen LogP contribution in [0.15, 0.2) is 30.6 Å². The quantitative estimate of drug-likeness (QED) is 0.555. The molecule has 172 valence electrons. The Bertz CT molecular complexity index is 776. The molecular weight excluding hydrogens is 380 g/mol. The van der Waals surface area contributed by atoms with E-state index in [2.05, 4.69) is 95.6 Å². The number of piperazine rings is 1. The van der Waals surface area contributed by atoms with Crippen molar-refractivity contribution >= 4 is 5.69 Å². The molecule has 31 heavy (non-hydrogen) atoms. The van der Waals surface area contributed by atoms with Crippen LogP contribution >= 0.6 is 0 Å². The van der Waals surface area contributed by atoms with E-state index in [9.17, 15) is 0 Å². The molecule has 0 radical (unpaired) electrons. The molecule has 4 nitrogen and oxygen atoms in total. The molecule has 1 saturated heterocycles. The number of hydrogen-bond acceptors (Lipinski definition) is 4. The summed E-state index contributed by atoms with van der Waals surface area (Å²) in [5.41, 5.74) is 6.58. The molecule has 0 amide bonds. The largest absolute Gasteiger partial charge is 0.368 e. The molecule has 0 atom stereocenters. The van der Waals surface area contributed by atoms with E-state index in [1.165, 1.54) is 28.2 Å². The zero-order chi connectivity index (χ0) is 23.1. The summed E-state index contributed by atoms with van der Waals surface area (Å²) in [6, 6.07) is 6.55. The van der Waals surface area contributed by atoms with Crippen LogP contribution in [0.2, 0.25) is 0 Å². The summed E-state index contributed by atoms with van der Waals surface area (Å²) < 4.78 is 0. The Morgan fingerprint density at radius 2 is 1.26 bits per heavy atom. The lowest BCUT2D eigenvalue weighted by Gasteiger charge is -2.34. The van der Waals surface area contributed by atoms with Crippen molar-refractivity contribution in [3.8, 4) is 0 Å². The van der Waals surface area contributed by atoms with Crippen molar-refractivity contribution in [2.45, 2.75) is 79.1 Å². The van der Waals surface area contributed by atoms with Crippen LogP contribution in [0.5, 0.6) is 0 Å². The van der Waals surface area contributed by atoms with Crippen LogP contribution in [-0.4, -0.2) is 48.1 Å². The van der Waals surface area contributed by atoms with Gasteiger partial charge in [0.25, 0.3) is 0 Å². The Morgan fingerprint density at radius 1 is 0.710 bits per heavy atom. The lowest BCUT2D eigenvalue weighted by atomic mass is 9.95. The standard InChI is InChI=1S/C16H27N3.C11H17N/c1-12(2)15-10-14(11-17-16(15)13(3)4)19-8-6-18(5)7-9-19;1-8(2)10-6-5-7-12-11(10)9(3)4/h10-13H,6-9H2,1-5H3;5-9H,1-4H3. The molecule has 3 heterocycles. The van der Waals surface area contributed by atoms with Gasteiger partial charge >= 0.3 is 0 Å². The van der Waals surface area contributed by atoms with Crippen LogP contribution in [0.25, 0.3) is 0 Å². The molecule has 0 aromatic carbocycles. The highest BCUT2D eigenvalue weighted by Crippen LogP contribution is 2.28. The minimum absolute atomic E-state index is 0.499. The highest BCUT2D eigenvalue weighted by Gasteiger charge is 2.18. The maximum absolute atomic E-state index is 4.74. The van der Waals surface area contributed by atoms with Crippen LogP contribution in [0.4, 0.5) is 5.69 Å². The molecule has 2 aromatic heterocycles. The number of nitrogens with zero attached hydrogens (tertiary/aromatic N) is 4. The van der Waals surface area contributed by atoms with E-state index in [0.717, 1.165) is 26.2 Å². The van der Waals surface area contributed by atoms with Crippen molar-refractivity contribution in [1.82, 2.24) is 14.9 Å². The van der Waals surface area contributed by atoms with Gasteiger partial charge in [0.05, 0.1) is 11.9 Å². The van der Waals surface area contributed by atoms with Gasteiger partial charge in [-0.25, -0.2) is 0 Å². The summed E-state index contributed by atoms with van der Waals surface area (Å²) in [6.45, 7) is 22.3. The zero-order valence-corrected chi connectivity index (χ0v) is 21.3. The molecule has 2 aromatic rings. The van der Waals surface area contributed by atoms with Crippen molar-refractivity contribution in [3.05, 3.63) is 53.1 Å².